The minimum Gasteiger partial charge on any atom is -0.375 e. The number of hydrogen-bond donors (Lipinski definition) is 1. The van der Waals surface area contributed by atoms with E-state index >= 15 is 0 Å². The lowest BCUT2D eigenvalue weighted by Crippen LogP contribution is -2.21. The highest BCUT2D eigenvalue weighted by Gasteiger charge is 2.10. The van der Waals surface area contributed by atoms with Crippen molar-refractivity contribution in [2.45, 2.75) is 39.2 Å². The molecule has 0 spiro atoms. The van der Waals surface area contributed by atoms with Gasteiger partial charge in [0.15, 0.2) is 0 Å². The molecule has 0 atom stereocenters. The summed E-state index contributed by atoms with van der Waals surface area (Å²) in [7, 11) is 1.85. The number of rotatable bonds is 6. The van der Waals surface area contributed by atoms with Crippen molar-refractivity contribution < 1.29 is 14.3 Å². The van der Waals surface area contributed by atoms with Gasteiger partial charge in [-0.15, -0.1) is 0 Å². The normalized spacial score (nSPS) is 10.4. The second-order valence-electron chi connectivity index (χ2n) is 4.10. The number of Topliss-reactive ketones (excluding diaryl/α,β-unsaturated/α-hetero) is 1. The van der Waals surface area contributed by atoms with Gasteiger partial charge in [0.25, 0.3) is 0 Å². The van der Waals surface area contributed by atoms with Crippen LogP contribution >= 0.6 is 0 Å². The highest BCUT2D eigenvalue weighted by Crippen LogP contribution is 2.07. The lowest BCUT2D eigenvalue weighted by molar-refractivity contribution is -0.121. The fourth-order valence-electron chi connectivity index (χ4n) is 0.860. The van der Waals surface area contributed by atoms with Crippen LogP contribution in [0.4, 0.5) is 0 Å². The molecule has 0 aromatic heterocycles. The van der Waals surface area contributed by atoms with E-state index in [0.29, 0.717) is 19.4 Å². The van der Waals surface area contributed by atoms with Crippen molar-refractivity contribution in [1.82, 2.24) is 5.32 Å². The summed E-state index contributed by atoms with van der Waals surface area (Å²) in [4.78, 5) is 19.2. The fourth-order valence-corrected chi connectivity index (χ4v) is 0.860. The van der Waals surface area contributed by atoms with Crippen molar-refractivity contribution in [1.29, 1.82) is 0 Å². The molecule has 90 valence electrons. The highest BCUT2D eigenvalue weighted by atomic mass is 16.5. The molecule has 0 heterocycles. The molecule has 0 amide bonds. The molecular weight excluding hydrogens is 194 g/mol. The average Bonchev–Trinajstić information content (AvgIpc) is 2.16. The van der Waals surface area contributed by atoms with Gasteiger partial charge in [0.2, 0.25) is 0 Å². The van der Waals surface area contributed by atoms with Crippen LogP contribution in [-0.2, 0) is 14.3 Å². The molecule has 4 nitrogen and oxygen atoms in total. The lowest BCUT2D eigenvalue weighted by atomic mass is 10.2. The van der Waals surface area contributed by atoms with Gasteiger partial charge in [0.1, 0.15) is 12.6 Å². The molecule has 15 heavy (non-hydrogen) atoms. The van der Waals surface area contributed by atoms with Crippen molar-refractivity contribution in [2.75, 3.05) is 20.2 Å². The van der Waals surface area contributed by atoms with Gasteiger partial charge in [0, 0.05) is 19.4 Å². The first-order valence-corrected chi connectivity index (χ1v) is 5.05. The average molecular weight is 217 g/mol. The summed E-state index contributed by atoms with van der Waals surface area (Å²) >= 11 is 0. The fraction of sp³-hybridized carbons (Fsp3) is 0.818. The van der Waals surface area contributed by atoms with Crippen LogP contribution < -0.4 is 5.32 Å². The molecule has 0 unspecified atom stereocenters. The third-order valence-electron chi connectivity index (χ3n) is 1.57. The van der Waals surface area contributed by atoms with Gasteiger partial charge >= 0.3 is 0 Å². The van der Waals surface area contributed by atoms with Crippen molar-refractivity contribution >= 4 is 12.6 Å². The molecular formula is C11H23NO3. The SMILES string of the molecule is C=O.CNCCC(=O)CCOC(C)(C)C. The van der Waals surface area contributed by atoms with E-state index in [9.17, 15) is 4.79 Å². The quantitative estimate of drug-likeness (QED) is 0.726. The van der Waals surface area contributed by atoms with Gasteiger partial charge in [-0.2, -0.15) is 0 Å². The highest BCUT2D eigenvalue weighted by molar-refractivity contribution is 5.78. The van der Waals surface area contributed by atoms with Crippen LogP contribution in [-0.4, -0.2) is 38.4 Å². The van der Waals surface area contributed by atoms with Crippen molar-refractivity contribution in [3.8, 4) is 0 Å². The zero-order chi connectivity index (χ0) is 12.3. The van der Waals surface area contributed by atoms with Crippen LogP contribution in [0.2, 0.25) is 0 Å². The van der Waals surface area contributed by atoms with Gasteiger partial charge < -0.3 is 14.8 Å². The maximum atomic E-state index is 11.2. The Morgan fingerprint density at radius 3 is 2.20 bits per heavy atom. The van der Waals surface area contributed by atoms with Crippen LogP contribution in [0.3, 0.4) is 0 Å². The molecule has 0 rings (SSSR count). The van der Waals surface area contributed by atoms with Crippen molar-refractivity contribution in [3.05, 3.63) is 0 Å². The Bertz CT molecular complexity index is 164. The monoisotopic (exact) mass is 217 g/mol. The minimum absolute atomic E-state index is 0.136. The van der Waals surface area contributed by atoms with Gasteiger partial charge in [-0.3, -0.25) is 4.79 Å². The smallest absolute Gasteiger partial charge is 0.136 e. The maximum absolute atomic E-state index is 11.2. The molecule has 0 aliphatic heterocycles. The van der Waals surface area contributed by atoms with Crippen molar-refractivity contribution in [2.24, 2.45) is 0 Å². The number of hydrogen-bond acceptors (Lipinski definition) is 4. The zero-order valence-corrected chi connectivity index (χ0v) is 10.3. The molecule has 0 aliphatic carbocycles. The van der Waals surface area contributed by atoms with Crippen LogP contribution in [0, 0.1) is 0 Å². The van der Waals surface area contributed by atoms with Gasteiger partial charge in [0.05, 0.1) is 12.2 Å². The van der Waals surface area contributed by atoms with Gasteiger partial charge in [-0.25, -0.2) is 0 Å². The number of carbonyl (C=O) groups is 2. The Morgan fingerprint density at radius 1 is 1.27 bits per heavy atom. The molecule has 0 aromatic rings. The summed E-state index contributed by atoms with van der Waals surface area (Å²) in [6.07, 6.45) is 1.13. The van der Waals surface area contributed by atoms with E-state index in [4.69, 9.17) is 9.53 Å². The third kappa shape index (κ3) is 16.0. The standard InChI is InChI=1S/C10H21NO2.CH2O/c1-10(2,3)13-8-6-9(12)5-7-11-4;1-2/h11H,5-8H2,1-4H3;1H2. The van der Waals surface area contributed by atoms with Crippen LogP contribution in [0.25, 0.3) is 0 Å². The van der Waals surface area contributed by atoms with Gasteiger partial charge in [-0.05, 0) is 27.8 Å². The molecule has 0 radical (unpaired) electrons. The largest absolute Gasteiger partial charge is 0.375 e. The van der Waals surface area contributed by atoms with E-state index in [1.54, 1.807) is 0 Å². The Hall–Kier alpha value is -0.740. The molecule has 0 aliphatic rings. The summed E-state index contributed by atoms with van der Waals surface area (Å²) in [6.45, 7) is 9.27. The van der Waals surface area contributed by atoms with Crippen LogP contribution in [0.1, 0.15) is 33.6 Å². The van der Waals surface area contributed by atoms with E-state index in [-0.39, 0.29) is 11.4 Å². The Morgan fingerprint density at radius 2 is 1.80 bits per heavy atom. The second kappa shape index (κ2) is 9.80. The molecule has 0 saturated carbocycles. The Balaban J connectivity index is 0. The van der Waals surface area contributed by atoms with Crippen LogP contribution in [0.15, 0.2) is 0 Å². The Kier molecular flexibility index (Phi) is 10.9. The summed E-state index contributed by atoms with van der Waals surface area (Å²) < 4.78 is 5.44. The first-order chi connectivity index (χ1) is 6.95. The summed E-state index contributed by atoms with van der Waals surface area (Å²) in [5.74, 6) is 0.263. The van der Waals surface area contributed by atoms with Gasteiger partial charge in [-0.1, -0.05) is 0 Å². The lowest BCUT2D eigenvalue weighted by Gasteiger charge is -2.18. The number of ketones is 1. The molecule has 4 heteroatoms. The third-order valence-corrected chi connectivity index (χ3v) is 1.57. The topological polar surface area (TPSA) is 55.4 Å². The van der Waals surface area contributed by atoms with E-state index in [0.717, 1.165) is 6.54 Å². The number of nitrogens with one attached hydrogen (secondary N) is 1. The summed E-state index contributed by atoms with van der Waals surface area (Å²) in [5.41, 5.74) is -0.136. The Labute approximate surface area is 92.4 Å². The van der Waals surface area contributed by atoms with E-state index in [1.807, 2.05) is 34.6 Å². The van der Waals surface area contributed by atoms with E-state index < -0.39 is 0 Å². The first kappa shape index (κ1) is 16.7. The van der Waals surface area contributed by atoms with Crippen LogP contribution in [0.5, 0.6) is 0 Å². The zero-order valence-electron chi connectivity index (χ0n) is 10.3. The minimum atomic E-state index is -0.136. The van der Waals surface area contributed by atoms with E-state index in [2.05, 4.69) is 5.32 Å². The maximum Gasteiger partial charge on any atom is 0.136 e. The molecule has 1 N–H and O–H groups in total. The molecule has 0 aromatic carbocycles. The van der Waals surface area contributed by atoms with Crippen molar-refractivity contribution in [3.63, 3.8) is 0 Å². The molecule has 0 saturated heterocycles. The first-order valence-electron chi connectivity index (χ1n) is 5.05. The predicted octanol–water partition coefficient (Wildman–Crippen LogP) is 1.19. The molecule has 0 fully saturated rings. The number of ether oxygens (including phenoxy) is 1. The molecule has 0 bridgehead atoms. The van der Waals surface area contributed by atoms with E-state index in [1.165, 1.54) is 0 Å². The number of carbonyl (C=O) groups excluding carboxylic acids is 2. The predicted molar refractivity (Wildman–Crippen MR) is 61.0 cm³/mol. The summed E-state index contributed by atoms with van der Waals surface area (Å²) in [6, 6.07) is 0. The summed E-state index contributed by atoms with van der Waals surface area (Å²) in [5, 5.41) is 2.94. The second-order valence-corrected chi connectivity index (χ2v) is 4.10.